The second kappa shape index (κ2) is 39.8. The van der Waals surface area contributed by atoms with Crippen molar-refractivity contribution in [1.82, 2.24) is 5.32 Å². The number of hydrogen-bond donors (Lipinski definition) is 4. The van der Waals surface area contributed by atoms with Crippen LogP contribution in [-0.2, 0) is 4.79 Å². The number of aliphatic hydroxyl groups excluding tert-OH is 3. The predicted molar refractivity (Wildman–Crippen MR) is 217 cm³/mol. The van der Waals surface area contributed by atoms with E-state index in [-0.39, 0.29) is 18.9 Å². The average molecular weight is 700 g/mol. The fourth-order valence-electron chi connectivity index (χ4n) is 6.05. The van der Waals surface area contributed by atoms with Crippen molar-refractivity contribution in [3.05, 3.63) is 60.8 Å². The molecular formula is C45H81NO4. The SMILES string of the molecule is CC/C=C\C/C=C\CCCCCCCCCCCCCCC(O)CC(=O)NC(CO)C(O)/C=C/CC/C=C/CC/C=C/CCCCCCCC. The summed E-state index contributed by atoms with van der Waals surface area (Å²) in [6.07, 6.45) is 52.1. The molecule has 0 rings (SSSR count). The van der Waals surface area contributed by atoms with Crippen LogP contribution in [0.1, 0.15) is 194 Å². The van der Waals surface area contributed by atoms with Crippen molar-refractivity contribution in [2.45, 2.75) is 212 Å². The van der Waals surface area contributed by atoms with E-state index in [1.807, 2.05) is 6.08 Å². The van der Waals surface area contributed by atoms with E-state index < -0.39 is 18.2 Å². The van der Waals surface area contributed by atoms with E-state index in [1.54, 1.807) is 6.08 Å². The van der Waals surface area contributed by atoms with E-state index >= 15 is 0 Å². The molecule has 0 aromatic rings. The summed E-state index contributed by atoms with van der Waals surface area (Å²) in [6, 6.07) is -0.769. The lowest BCUT2D eigenvalue weighted by Crippen LogP contribution is -2.45. The van der Waals surface area contributed by atoms with E-state index in [1.165, 1.54) is 116 Å². The van der Waals surface area contributed by atoms with Crippen LogP contribution in [0.5, 0.6) is 0 Å². The standard InChI is InChI=1S/C45H81NO4/c1-3-5-7-9-11-13-15-17-19-21-22-23-24-26-28-30-32-34-36-38-42(48)40-45(50)46-43(41-47)44(49)39-37-35-33-31-29-27-25-20-18-16-14-12-10-8-6-4-2/h5,7,11,13,18,20,29,31,37,39,42-44,47-49H,3-4,6,8-10,12,14-17,19,21-28,30,32-36,38,40-41H2,1-2H3,(H,46,50)/b7-5-,13-11-,20-18+,31-29+,39-37+. The minimum atomic E-state index is -0.961. The molecule has 0 radical (unpaired) electrons. The molecule has 0 spiro atoms. The summed E-state index contributed by atoms with van der Waals surface area (Å²) < 4.78 is 0. The Bertz CT molecular complexity index is 861. The number of carbonyl (C=O) groups excluding carboxylic acids is 1. The quantitative estimate of drug-likeness (QED) is 0.0384. The van der Waals surface area contributed by atoms with Gasteiger partial charge in [0.2, 0.25) is 5.91 Å². The Morgan fingerprint density at radius 1 is 0.540 bits per heavy atom. The zero-order valence-corrected chi connectivity index (χ0v) is 32.8. The lowest BCUT2D eigenvalue weighted by Gasteiger charge is -2.21. The van der Waals surface area contributed by atoms with E-state index in [2.05, 4.69) is 67.8 Å². The van der Waals surface area contributed by atoms with Crippen LogP contribution in [0.3, 0.4) is 0 Å². The average Bonchev–Trinajstić information content (AvgIpc) is 3.11. The van der Waals surface area contributed by atoms with Crippen LogP contribution in [-0.4, -0.2) is 46.1 Å². The zero-order valence-electron chi connectivity index (χ0n) is 32.8. The van der Waals surface area contributed by atoms with Crippen LogP contribution in [0.4, 0.5) is 0 Å². The molecular weight excluding hydrogens is 618 g/mol. The Hall–Kier alpha value is -1.95. The maximum Gasteiger partial charge on any atom is 0.222 e. The molecule has 5 nitrogen and oxygen atoms in total. The number of amides is 1. The third kappa shape index (κ3) is 35.9. The smallest absolute Gasteiger partial charge is 0.222 e. The maximum atomic E-state index is 12.4. The molecule has 0 aromatic carbocycles. The minimum absolute atomic E-state index is 0.000685. The Balaban J connectivity index is 3.74. The van der Waals surface area contributed by atoms with E-state index in [9.17, 15) is 20.1 Å². The van der Waals surface area contributed by atoms with Crippen LogP contribution < -0.4 is 5.32 Å². The Labute approximate surface area is 309 Å². The molecule has 0 heterocycles. The van der Waals surface area contributed by atoms with E-state index in [4.69, 9.17) is 0 Å². The highest BCUT2D eigenvalue weighted by Gasteiger charge is 2.20. The number of aliphatic hydroxyl groups is 3. The van der Waals surface area contributed by atoms with Crippen LogP contribution >= 0.6 is 0 Å². The number of carbonyl (C=O) groups is 1. The van der Waals surface area contributed by atoms with Gasteiger partial charge in [0.1, 0.15) is 0 Å². The number of rotatable bonds is 37. The van der Waals surface area contributed by atoms with Crippen molar-refractivity contribution < 1.29 is 20.1 Å². The zero-order chi connectivity index (χ0) is 36.6. The topological polar surface area (TPSA) is 89.8 Å². The lowest BCUT2D eigenvalue weighted by molar-refractivity contribution is -0.124. The molecule has 0 fully saturated rings. The highest BCUT2D eigenvalue weighted by molar-refractivity contribution is 5.76. The molecule has 0 aliphatic rings. The fraction of sp³-hybridized carbons (Fsp3) is 0.756. The second-order valence-electron chi connectivity index (χ2n) is 14.2. The summed E-state index contributed by atoms with van der Waals surface area (Å²) in [4.78, 5) is 12.4. The van der Waals surface area contributed by atoms with Gasteiger partial charge < -0.3 is 20.6 Å². The summed E-state index contributed by atoms with van der Waals surface area (Å²) in [5.74, 6) is -0.333. The molecule has 0 aromatic heterocycles. The van der Waals surface area contributed by atoms with Gasteiger partial charge in [-0.3, -0.25) is 4.79 Å². The second-order valence-corrected chi connectivity index (χ2v) is 14.2. The predicted octanol–water partition coefficient (Wildman–Crippen LogP) is 11.9. The number of nitrogens with one attached hydrogen (secondary N) is 1. The molecule has 0 aliphatic heterocycles. The summed E-state index contributed by atoms with van der Waals surface area (Å²) in [6.45, 7) is 4.07. The van der Waals surface area contributed by atoms with Crippen molar-refractivity contribution in [1.29, 1.82) is 0 Å². The van der Waals surface area contributed by atoms with Gasteiger partial charge in [0.25, 0.3) is 0 Å². The largest absolute Gasteiger partial charge is 0.394 e. The lowest BCUT2D eigenvalue weighted by atomic mass is 10.0. The molecule has 3 atom stereocenters. The highest BCUT2D eigenvalue weighted by atomic mass is 16.3. The van der Waals surface area contributed by atoms with Crippen LogP contribution in [0.2, 0.25) is 0 Å². The van der Waals surface area contributed by atoms with Crippen molar-refractivity contribution in [3.8, 4) is 0 Å². The first-order valence-electron chi connectivity index (χ1n) is 21.1. The van der Waals surface area contributed by atoms with Gasteiger partial charge in [0.15, 0.2) is 0 Å². The molecule has 50 heavy (non-hydrogen) atoms. The minimum Gasteiger partial charge on any atom is -0.394 e. The highest BCUT2D eigenvalue weighted by Crippen LogP contribution is 2.14. The number of unbranched alkanes of at least 4 members (excludes halogenated alkanes) is 20. The monoisotopic (exact) mass is 700 g/mol. The fourth-order valence-corrected chi connectivity index (χ4v) is 6.05. The molecule has 0 saturated carbocycles. The molecule has 3 unspecified atom stereocenters. The first kappa shape index (κ1) is 48.0. The molecule has 290 valence electrons. The number of hydrogen-bond acceptors (Lipinski definition) is 4. The van der Waals surface area contributed by atoms with Crippen molar-refractivity contribution >= 4 is 5.91 Å². The first-order chi connectivity index (χ1) is 24.5. The van der Waals surface area contributed by atoms with Gasteiger partial charge in [0, 0.05) is 0 Å². The van der Waals surface area contributed by atoms with Gasteiger partial charge in [-0.2, -0.15) is 0 Å². The summed E-state index contributed by atoms with van der Waals surface area (Å²) in [5, 5.41) is 33.2. The van der Waals surface area contributed by atoms with Crippen molar-refractivity contribution in [2.24, 2.45) is 0 Å². The van der Waals surface area contributed by atoms with Gasteiger partial charge >= 0.3 is 0 Å². The van der Waals surface area contributed by atoms with Gasteiger partial charge in [-0.25, -0.2) is 0 Å². The van der Waals surface area contributed by atoms with Crippen molar-refractivity contribution in [2.75, 3.05) is 6.61 Å². The third-order valence-corrected chi connectivity index (χ3v) is 9.27. The summed E-state index contributed by atoms with van der Waals surface area (Å²) >= 11 is 0. The summed E-state index contributed by atoms with van der Waals surface area (Å²) in [7, 11) is 0. The van der Waals surface area contributed by atoms with E-state index in [0.29, 0.717) is 6.42 Å². The Morgan fingerprint density at radius 3 is 1.50 bits per heavy atom. The molecule has 0 aliphatic carbocycles. The van der Waals surface area contributed by atoms with Crippen LogP contribution in [0, 0.1) is 0 Å². The molecule has 5 heteroatoms. The van der Waals surface area contributed by atoms with Gasteiger partial charge in [-0.05, 0) is 70.6 Å². The van der Waals surface area contributed by atoms with Gasteiger partial charge in [-0.15, -0.1) is 0 Å². The number of allylic oxidation sites excluding steroid dienone is 9. The summed E-state index contributed by atoms with van der Waals surface area (Å²) in [5.41, 5.74) is 0. The molecule has 0 bridgehead atoms. The maximum absolute atomic E-state index is 12.4. The van der Waals surface area contributed by atoms with E-state index in [0.717, 1.165) is 51.4 Å². The molecule has 0 saturated heterocycles. The Morgan fingerprint density at radius 2 is 0.980 bits per heavy atom. The third-order valence-electron chi connectivity index (χ3n) is 9.27. The Kier molecular flexibility index (Phi) is 38.3. The van der Waals surface area contributed by atoms with Crippen LogP contribution in [0.15, 0.2) is 60.8 Å². The van der Waals surface area contributed by atoms with Crippen molar-refractivity contribution in [3.63, 3.8) is 0 Å². The molecule has 1 amide bonds. The molecule has 4 N–H and O–H groups in total. The van der Waals surface area contributed by atoms with Gasteiger partial charge in [0.05, 0.1) is 31.3 Å². The van der Waals surface area contributed by atoms with Gasteiger partial charge in [-0.1, -0.05) is 177 Å². The normalized spacial score (nSPS) is 14.3. The van der Waals surface area contributed by atoms with Crippen LogP contribution in [0.25, 0.3) is 0 Å². The first-order valence-corrected chi connectivity index (χ1v) is 21.1.